The molecule has 0 spiro atoms. The van der Waals surface area contributed by atoms with Gasteiger partial charge in [-0.05, 0) is 61.6 Å². The average molecular weight is 388 g/mol. The summed E-state index contributed by atoms with van der Waals surface area (Å²) in [7, 11) is 0. The zero-order chi connectivity index (χ0) is 20.4. The molecular weight excluding hydrogens is 363 g/mol. The van der Waals surface area contributed by atoms with Crippen molar-refractivity contribution in [2.45, 2.75) is 52.0 Å². The van der Waals surface area contributed by atoms with Crippen LogP contribution in [0.15, 0.2) is 47.3 Å². The van der Waals surface area contributed by atoms with Gasteiger partial charge in [0.2, 0.25) is 0 Å². The van der Waals surface area contributed by atoms with Crippen molar-refractivity contribution in [3.8, 4) is 11.8 Å². The molecule has 1 aliphatic rings. The number of halogens is 1. The molecule has 1 unspecified atom stereocenters. The zero-order valence-electron chi connectivity index (χ0n) is 16.9. The van der Waals surface area contributed by atoms with Gasteiger partial charge in [-0.2, -0.15) is 0 Å². The number of hydrogen-bond acceptors (Lipinski definition) is 2. The van der Waals surface area contributed by atoms with Crippen molar-refractivity contribution in [3.05, 3.63) is 75.6 Å². The summed E-state index contributed by atoms with van der Waals surface area (Å²) in [4.78, 5) is 18.1. The Labute approximate surface area is 170 Å². The normalized spacial score (nSPS) is 16.2. The second-order valence-electron chi connectivity index (χ2n) is 8.24. The van der Waals surface area contributed by atoms with Crippen LogP contribution in [0.5, 0.6) is 0 Å². The van der Waals surface area contributed by atoms with Crippen molar-refractivity contribution < 1.29 is 4.39 Å². The Balaban J connectivity index is 1.78. The maximum absolute atomic E-state index is 13.4. The molecule has 29 heavy (non-hydrogen) atoms. The molecule has 1 aliphatic heterocycles. The molecule has 148 valence electrons. The Kier molecular flexibility index (Phi) is 5.49. The monoisotopic (exact) mass is 388 g/mol. The van der Waals surface area contributed by atoms with Crippen molar-refractivity contribution in [1.82, 2.24) is 9.55 Å². The Morgan fingerprint density at radius 3 is 2.69 bits per heavy atom. The topological polar surface area (TPSA) is 34.9 Å². The van der Waals surface area contributed by atoms with Crippen LogP contribution in [-0.2, 0) is 6.54 Å². The number of hydrogen-bond donors (Lipinski definition) is 0. The maximum Gasteiger partial charge on any atom is 0.261 e. The van der Waals surface area contributed by atoms with Gasteiger partial charge >= 0.3 is 0 Å². The lowest BCUT2D eigenvalue weighted by molar-refractivity contribution is 0.455. The largest absolute Gasteiger partial charge is 0.296 e. The zero-order valence-corrected chi connectivity index (χ0v) is 16.9. The second-order valence-corrected chi connectivity index (χ2v) is 8.24. The van der Waals surface area contributed by atoms with Crippen LogP contribution in [-0.4, -0.2) is 9.55 Å². The van der Waals surface area contributed by atoms with E-state index < -0.39 is 0 Å². The first-order valence-electron chi connectivity index (χ1n) is 10.3. The number of fused-ring (bicyclic) bond motifs is 2. The van der Waals surface area contributed by atoms with E-state index in [4.69, 9.17) is 4.98 Å². The van der Waals surface area contributed by atoms with E-state index >= 15 is 0 Å². The molecule has 3 nitrogen and oxygen atoms in total. The first-order valence-corrected chi connectivity index (χ1v) is 10.3. The van der Waals surface area contributed by atoms with Gasteiger partial charge in [-0.15, -0.1) is 0 Å². The van der Waals surface area contributed by atoms with E-state index in [1.807, 2.05) is 22.8 Å². The molecule has 2 heterocycles. The summed E-state index contributed by atoms with van der Waals surface area (Å²) in [5.41, 5.74) is 2.14. The van der Waals surface area contributed by atoms with E-state index in [1.54, 1.807) is 12.1 Å². The minimum Gasteiger partial charge on any atom is -0.296 e. The maximum atomic E-state index is 13.4. The fraction of sp³-hybridized carbons (Fsp3) is 0.360. The molecule has 0 aliphatic carbocycles. The SMILES string of the molecule is CC(C)CC1CCCCn2c1nc1cc(C#Cc3cccc(F)c3)ccc1c2=O. The highest BCUT2D eigenvalue weighted by Gasteiger charge is 2.23. The molecule has 0 fully saturated rings. The third kappa shape index (κ3) is 4.24. The van der Waals surface area contributed by atoms with Crippen LogP contribution in [0.25, 0.3) is 10.9 Å². The third-order valence-corrected chi connectivity index (χ3v) is 5.47. The predicted molar refractivity (Wildman–Crippen MR) is 114 cm³/mol. The molecule has 4 rings (SSSR count). The molecule has 0 bridgehead atoms. The van der Waals surface area contributed by atoms with Gasteiger partial charge in [0.15, 0.2) is 0 Å². The molecule has 0 radical (unpaired) electrons. The molecule has 0 N–H and O–H groups in total. The molecule has 0 saturated carbocycles. The summed E-state index contributed by atoms with van der Waals surface area (Å²) in [6.07, 6.45) is 4.26. The van der Waals surface area contributed by atoms with Crippen LogP contribution in [0.4, 0.5) is 4.39 Å². The Bertz CT molecular complexity index is 1170. The summed E-state index contributed by atoms with van der Waals surface area (Å²) in [5, 5.41) is 0.634. The number of benzene rings is 2. The van der Waals surface area contributed by atoms with E-state index in [0.29, 0.717) is 28.3 Å². The van der Waals surface area contributed by atoms with Gasteiger partial charge < -0.3 is 0 Å². The first-order chi connectivity index (χ1) is 14.0. The second kappa shape index (κ2) is 8.21. The Hall–Kier alpha value is -2.93. The summed E-state index contributed by atoms with van der Waals surface area (Å²) in [5.74, 6) is 7.55. The fourth-order valence-electron chi connectivity index (χ4n) is 4.14. The van der Waals surface area contributed by atoms with Gasteiger partial charge in [0, 0.05) is 23.6 Å². The lowest BCUT2D eigenvalue weighted by Crippen LogP contribution is -2.26. The lowest BCUT2D eigenvalue weighted by Gasteiger charge is -2.19. The summed E-state index contributed by atoms with van der Waals surface area (Å²) in [6, 6.07) is 11.8. The van der Waals surface area contributed by atoms with Crippen LogP contribution >= 0.6 is 0 Å². The van der Waals surface area contributed by atoms with Gasteiger partial charge in [-0.25, -0.2) is 9.37 Å². The number of aromatic nitrogens is 2. The highest BCUT2D eigenvalue weighted by Crippen LogP contribution is 2.30. The fourth-order valence-corrected chi connectivity index (χ4v) is 4.14. The third-order valence-electron chi connectivity index (χ3n) is 5.47. The minimum absolute atomic E-state index is 0.0466. The Morgan fingerprint density at radius 1 is 1.14 bits per heavy atom. The highest BCUT2D eigenvalue weighted by atomic mass is 19.1. The van der Waals surface area contributed by atoms with E-state index in [2.05, 4.69) is 25.7 Å². The van der Waals surface area contributed by atoms with E-state index in [-0.39, 0.29) is 11.4 Å². The van der Waals surface area contributed by atoms with Crippen molar-refractivity contribution >= 4 is 10.9 Å². The van der Waals surface area contributed by atoms with Gasteiger partial charge in [0.05, 0.1) is 10.9 Å². The van der Waals surface area contributed by atoms with E-state index in [1.165, 1.54) is 12.1 Å². The highest BCUT2D eigenvalue weighted by molar-refractivity contribution is 5.79. The number of nitrogens with zero attached hydrogens (tertiary/aromatic N) is 2. The summed E-state index contributed by atoms with van der Waals surface area (Å²) >= 11 is 0. The number of rotatable bonds is 2. The van der Waals surface area contributed by atoms with Crippen molar-refractivity contribution in [3.63, 3.8) is 0 Å². The smallest absolute Gasteiger partial charge is 0.261 e. The standard InChI is InChI=1S/C25H25FN2O/c1-17(2)14-20-7-3-4-13-28-24(20)27-23-16-19(11-12-22(23)25(28)29)10-9-18-6-5-8-21(26)15-18/h5-6,8,11-12,15-17,20H,3-4,7,13-14H2,1-2H3. The molecule has 1 atom stereocenters. The molecular formula is C25H25FN2O. The molecule has 0 amide bonds. The predicted octanol–water partition coefficient (Wildman–Crippen LogP) is 5.25. The van der Waals surface area contributed by atoms with Crippen molar-refractivity contribution in [2.75, 3.05) is 0 Å². The van der Waals surface area contributed by atoms with Crippen LogP contribution in [0, 0.1) is 23.6 Å². The Morgan fingerprint density at radius 2 is 1.93 bits per heavy atom. The van der Waals surface area contributed by atoms with Crippen molar-refractivity contribution in [2.24, 2.45) is 5.92 Å². The molecule has 4 heteroatoms. The van der Waals surface area contributed by atoms with Gasteiger partial charge in [-0.3, -0.25) is 9.36 Å². The molecule has 3 aromatic rings. The lowest BCUT2D eigenvalue weighted by atomic mass is 9.92. The van der Waals surface area contributed by atoms with E-state index in [0.717, 1.165) is 43.6 Å². The minimum atomic E-state index is -0.302. The summed E-state index contributed by atoms with van der Waals surface area (Å²) < 4.78 is 15.2. The molecule has 1 aromatic heterocycles. The van der Waals surface area contributed by atoms with Gasteiger partial charge in [-0.1, -0.05) is 38.2 Å². The van der Waals surface area contributed by atoms with Gasteiger partial charge in [0.1, 0.15) is 11.6 Å². The van der Waals surface area contributed by atoms with Crippen LogP contribution in [0.3, 0.4) is 0 Å². The van der Waals surface area contributed by atoms with Crippen LogP contribution in [0.2, 0.25) is 0 Å². The van der Waals surface area contributed by atoms with Gasteiger partial charge in [0.25, 0.3) is 5.56 Å². The molecule has 0 saturated heterocycles. The van der Waals surface area contributed by atoms with Crippen LogP contribution < -0.4 is 5.56 Å². The van der Waals surface area contributed by atoms with Crippen LogP contribution in [0.1, 0.15) is 62.4 Å². The molecule has 2 aromatic carbocycles. The average Bonchev–Trinajstić information content (AvgIpc) is 2.89. The quantitative estimate of drug-likeness (QED) is 0.562. The summed E-state index contributed by atoms with van der Waals surface area (Å²) in [6.45, 7) is 5.18. The van der Waals surface area contributed by atoms with E-state index in [9.17, 15) is 9.18 Å². The first kappa shape index (κ1) is 19.4. The van der Waals surface area contributed by atoms with Crippen molar-refractivity contribution in [1.29, 1.82) is 0 Å².